The lowest BCUT2D eigenvalue weighted by atomic mass is 10.2. The lowest BCUT2D eigenvalue weighted by Crippen LogP contribution is -2.13. The Morgan fingerprint density at radius 3 is 2.40 bits per heavy atom. The molecule has 0 spiro atoms. The van der Waals surface area contributed by atoms with E-state index in [0.717, 1.165) is 17.1 Å². The van der Waals surface area contributed by atoms with E-state index in [2.05, 4.69) is 10.3 Å². The number of rotatable bonds is 3. The first-order valence-corrected chi connectivity index (χ1v) is 6.28. The van der Waals surface area contributed by atoms with Gasteiger partial charge in [0.25, 0.3) is 5.91 Å². The zero-order valence-electron chi connectivity index (χ0n) is 11.8. The summed E-state index contributed by atoms with van der Waals surface area (Å²) < 4.78 is 0. The SMILES string of the molecule is Cc1cc(C(=O)Nc2ccc(N(C)C)cc2)cc(N)n1. The number of nitrogens with zero attached hydrogens (tertiary/aromatic N) is 2. The maximum absolute atomic E-state index is 12.1. The number of carbonyl (C=O) groups excluding carboxylic acids is 1. The van der Waals surface area contributed by atoms with Crippen LogP contribution in [-0.4, -0.2) is 25.0 Å². The molecule has 5 heteroatoms. The van der Waals surface area contributed by atoms with Gasteiger partial charge in [-0.25, -0.2) is 4.98 Å². The maximum atomic E-state index is 12.1. The predicted molar refractivity (Wildman–Crippen MR) is 82.1 cm³/mol. The molecule has 1 amide bonds. The summed E-state index contributed by atoms with van der Waals surface area (Å²) in [5.74, 6) is 0.151. The molecular weight excluding hydrogens is 252 g/mol. The number of aryl methyl sites for hydroxylation is 1. The molecule has 0 aliphatic rings. The Hall–Kier alpha value is -2.56. The zero-order valence-corrected chi connectivity index (χ0v) is 11.8. The van der Waals surface area contributed by atoms with Crippen molar-refractivity contribution in [2.75, 3.05) is 30.0 Å². The first kappa shape index (κ1) is 13.9. The van der Waals surface area contributed by atoms with Crippen LogP contribution in [0.25, 0.3) is 0 Å². The molecule has 0 aliphatic carbocycles. The summed E-state index contributed by atoms with van der Waals surface area (Å²) >= 11 is 0. The van der Waals surface area contributed by atoms with Crippen LogP contribution in [0.5, 0.6) is 0 Å². The van der Waals surface area contributed by atoms with Gasteiger partial charge in [0.15, 0.2) is 0 Å². The van der Waals surface area contributed by atoms with Gasteiger partial charge in [-0.2, -0.15) is 0 Å². The molecule has 0 saturated carbocycles. The number of carbonyl (C=O) groups is 1. The molecule has 20 heavy (non-hydrogen) atoms. The fraction of sp³-hybridized carbons (Fsp3) is 0.200. The van der Waals surface area contributed by atoms with Crippen LogP contribution >= 0.6 is 0 Å². The van der Waals surface area contributed by atoms with Crippen molar-refractivity contribution in [1.29, 1.82) is 0 Å². The van der Waals surface area contributed by atoms with Crippen LogP contribution in [0.3, 0.4) is 0 Å². The van der Waals surface area contributed by atoms with Gasteiger partial charge in [-0.3, -0.25) is 4.79 Å². The van der Waals surface area contributed by atoms with E-state index in [-0.39, 0.29) is 5.91 Å². The molecule has 2 rings (SSSR count). The third kappa shape index (κ3) is 3.26. The van der Waals surface area contributed by atoms with Crippen LogP contribution in [0.15, 0.2) is 36.4 Å². The minimum atomic E-state index is -0.195. The number of benzene rings is 1. The minimum Gasteiger partial charge on any atom is -0.384 e. The quantitative estimate of drug-likeness (QED) is 0.897. The lowest BCUT2D eigenvalue weighted by Gasteiger charge is -2.13. The van der Waals surface area contributed by atoms with Gasteiger partial charge >= 0.3 is 0 Å². The zero-order chi connectivity index (χ0) is 14.7. The van der Waals surface area contributed by atoms with E-state index in [1.165, 1.54) is 0 Å². The van der Waals surface area contributed by atoms with Crippen molar-refractivity contribution in [3.8, 4) is 0 Å². The summed E-state index contributed by atoms with van der Waals surface area (Å²) in [6, 6.07) is 10.9. The van der Waals surface area contributed by atoms with Gasteiger partial charge in [0.1, 0.15) is 5.82 Å². The number of nitrogen functional groups attached to an aromatic ring is 1. The van der Waals surface area contributed by atoms with Gasteiger partial charge in [-0.05, 0) is 43.3 Å². The standard InChI is InChI=1S/C15H18N4O/c1-10-8-11(9-14(16)17-10)15(20)18-12-4-6-13(7-5-12)19(2)3/h4-9H,1-3H3,(H2,16,17)(H,18,20). The summed E-state index contributed by atoms with van der Waals surface area (Å²) in [7, 11) is 3.94. The third-order valence-corrected chi connectivity index (χ3v) is 2.88. The molecule has 1 aromatic carbocycles. The third-order valence-electron chi connectivity index (χ3n) is 2.88. The molecule has 0 saturated heterocycles. The van der Waals surface area contributed by atoms with E-state index in [1.54, 1.807) is 19.1 Å². The Balaban J connectivity index is 2.14. The highest BCUT2D eigenvalue weighted by molar-refractivity contribution is 6.04. The molecule has 1 aromatic heterocycles. The molecule has 0 radical (unpaired) electrons. The Morgan fingerprint density at radius 2 is 1.85 bits per heavy atom. The second kappa shape index (κ2) is 5.61. The Morgan fingerprint density at radius 1 is 1.20 bits per heavy atom. The van der Waals surface area contributed by atoms with E-state index in [9.17, 15) is 4.79 Å². The van der Waals surface area contributed by atoms with Crippen LogP contribution < -0.4 is 16.0 Å². The number of anilines is 3. The van der Waals surface area contributed by atoms with Gasteiger partial charge in [0, 0.05) is 36.7 Å². The molecular formula is C15H18N4O. The highest BCUT2D eigenvalue weighted by Gasteiger charge is 2.08. The first-order chi connectivity index (χ1) is 9.45. The number of nitrogens with two attached hydrogens (primary N) is 1. The maximum Gasteiger partial charge on any atom is 0.255 e. The fourth-order valence-corrected chi connectivity index (χ4v) is 1.87. The molecule has 0 bridgehead atoms. The Kier molecular flexibility index (Phi) is 3.89. The highest BCUT2D eigenvalue weighted by Crippen LogP contribution is 2.17. The van der Waals surface area contributed by atoms with Crippen LogP contribution in [-0.2, 0) is 0 Å². The molecule has 0 unspecified atom stereocenters. The summed E-state index contributed by atoms with van der Waals surface area (Å²) in [4.78, 5) is 18.2. The predicted octanol–water partition coefficient (Wildman–Crippen LogP) is 2.29. The molecule has 0 fully saturated rings. The Labute approximate surface area is 118 Å². The average molecular weight is 270 g/mol. The van der Waals surface area contributed by atoms with Crippen LogP contribution in [0.4, 0.5) is 17.2 Å². The van der Waals surface area contributed by atoms with Crippen molar-refractivity contribution >= 4 is 23.1 Å². The molecule has 5 nitrogen and oxygen atoms in total. The average Bonchev–Trinajstić information content (AvgIpc) is 2.38. The fourth-order valence-electron chi connectivity index (χ4n) is 1.87. The largest absolute Gasteiger partial charge is 0.384 e. The smallest absolute Gasteiger partial charge is 0.255 e. The van der Waals surface area contributed by atoms with Crippen molar-refractivity contribution in [1.82, 2.24) is 4.98 Å². The number of pyridine rings is 1. The topological polar surface area (TPSA) is 71.2 Å². The number of nitrogens with one attached hydrogen (secondary N) is 1. The van der Waals surface area contributed by atoms with E-state index in [0.29, 0.717) is 11.4 Å². The number of hydrogen-bond donors (Lipinski definition) is 2. The summed E-state index contributed by atoms with van der Waals surface area (Å²) in [5.41, 5.74) is 8.69. The van der Waals surface area contributed by atoms with Gasteiger partial charge in [-0.15, -0.1) is 0 Å². The summed E-state index contributed by atoms with van der Waals surface area (Å²) in [6.45, 7) is 1.80. The van der Waals surface area contributed by atoms with Crippen molar-refractivity contribution in [3.63, 3.8) is 0 Å². The van der Waals surface area contributed by atoms with Crippen LogP contribution in [0.1, 0.15) is 16.1 Å². The lowest BCUT2D eigenvalue weighted by molar-refractivity contribution is 0.102. The minimum absolute atomic E-state index is 0.195. The van der Waals surface area contributed by atoms with E-state index in [4.69, 9.17) is 5.73 Å². The van der Waals surface area contributed by atoms with Gasteiger partial charge in [-0.1, -0.05) is 0 Å². The normalized spacial score (nSPS) is 10.2. The molecule has 104 valence electrons. The monoisotopic (exact) mass is 270 g/mol. The Bertz CT molecular complexity index is 600. The van der Waals surface area contributed by atoms with Crippen molar-refractivity contribution in [2.24, 2.45) is 0 Å². The number of amides is 1. The van der Waals surface area contributed by atoms with Crippen molar-refractivity contribution in [2.45, 2.75) is 6.92 Å². The molecule has 1 heterocycles. The second-order valence-electron chi connectivity index (χ2n) is 4.82. The van der Waals surface area contributed by atoms with Gasteiger partial charge in [0.2, 0.25) is 0 Å². The highest BCUT2D eigenvalue weighted by atomic mass is 16.1. The van der Waals surface area contributed by atoms with Crippen molar-refractivity contribution < 1.29 is 4.79 Å². The molecule has 3 N–H and O–H groups in total. The first-order valence-electron chi connectivity index (χ1n) is 6.28. The summed E-state index contributed by atoms with van der Waals surface area (Å²) in [6.07, 6.45) is 0. The van der Waals surface area contributed by atoms with Crippen molar-refractivity contribution in [3.05, 3.63) is 47.7 Å². The molecule has 2 aromatic rings. The van der Waals surface area contributed by atoms with E-state index >= 15 is 0 Å². The second-order valence-corrected chi connectivity index (χ2v) is 4.82. The molecule has 0 aliphatic heterocycles. The summed E-state index contributed by atoms with van der Waals surface area (Å²) in [5, 5.41) is 2.84. The van der Waals surface area contributed by atoms with Gasteiger partial charge < -0.3 is 16.0 Å². The molecule has 0 atom stereocenters. The van der Waals surface area contributed by atoms with E-state index < -0.39 is 0 Å². The van der Waals surface area contributed by atoms with Gasteiger partial charge in [0.05, 0.1) is 0 Å². The number of aromatic nitrogens is 1. The van der Waals surface area contributed by atoms with E-state index in [1.807, 2.05) is 43.3 Å². The number of hydrogen-bond acceptors (Lipinski definition) is 4. The van der Waals surface area contributed by atoms with Crippen LogP contribution in [0.2, 0.25) is 0 Å². The van der Waals surface area contributed by atoms with Crippen LogP contribution in [0, 0.1) is 6.92 Å².